The fourth-order valence-electron chi connectivity index (χ4n) is 2.08. The van der Waals surface area contributed by atoms with Crippen molar-refractivity contribution < 1.29 is 9.53 Å². The molecule has 0 unspecified atom stereocenters. The number of nitrogens with zero attached hydrogens (tertiary/aromatic N) is 2. The van der Waals surface area contributed by atoms with Gasteiger partial charge in [0, 0.05) is 26.3 Å². The molecule has 1 aromatic carbocycles. The number of aryl methyl sites for hydroxylation is 3. The molecule has 21 heavy (non-hydrogen) atoms. The van der Waals surface area contributed by atoms with E-state index in [1.807, 2.05) is 12.1 Å². The molecule has 0 fully saturated rings. The number of methoxy groups -OCH3 is 1. The topological polar surface area (TPSA) is 56.1 Å². The van der Waals surface area contributed by atoms with Crippen LogP contribution in [0.15, 0.2) is 24.3 Å². The minimum atomic E-state index is -0.142. The van der Waals surface area contributed by atoms with E-state index in [2.05, 4.69) is 36.4 Å². The molecule has 0 bridgehead atoms. The summed E-state index contributed by atoms with van der Waals surface area (Å²) in [5, 5.41) is 7.23. The third kappa shape index (κ3) is 3.49. The van der Waals surface area contributed by atoms with Crippen molar-refractivity contribution in [1.29, 1.82) is 0 Å². The minimum absolute atomic E-state index is 0.142. The first kappa shape index (κ1) is 15.3. The summed E-state index contributed by atoms with van der Waals surface area (Å²) in [5.41, 5.74) is 4.82. The number of ether oxygens (including phenoxy) is 1. The smallest absolute Gasteiger partial charge is 0.269 e. The fourth-order valence-corrected chi connectivity index (χ4v) is 2.08. The average molecular weight is 287 g/mol. The normalized spacial score (nSPS) is 10.7. The first-order chi connectivity index (χ1) is 10.0. The summed E-state index contributed by atoms with van der Waals surface area (Å²) >= 11 is 0. The lowest BCUT2D eigenvalue weighted by Gasteiger charge is -2.03. The van der Waals surface area contributed by atoms with Crippen LogP contribution in [-0.4, -0.2) is 35.9 Å². The van der Waals surface area contributed by atoms with Crippen molar-refractivity contribution in [2.24, 2.45) is 7.05 Å². The lowest BCUT2D eigenvalue weighted by Crippen LogP contribution is -2.28. The van der Waals surface area contributed by atoms with Crippen molar-refractivity contribution in [3.05, 3.63) is 41.1 Å². The number of nitrogens with one attached hydrogen (secondary N) is 1. The van der Waals surface area contributed by atoms with Gasteiger partial charge in [-0.1, -0.05) is 12.1 Å². The molecule has 0 radical (unpaired) electrons. The molecular weight excluding hydrogens is 266 g/mol. The number of carbonyl (C=O) groups is 1. The molecule has 1 amide bonds. The Balaban J connectivity index is 2.22. The number of rotatable bonds is 5. The summed E-state index contributed by atoms with van der Waals surface area (Å²) in [4.78, 5) is 12.1. The monoisotopic (exact) mass is 287 g/mol. The second-order valence-electron chi connectivity index (χ2n) is 5.09. The van der Waals surface area contributed by atoms with Gasteiger partial charge in [-0.3, -0.25) is 9.48 Å². The zero-order valence-corrected chi connectivity index (χ0v) is 12.9. The van der Waals surface area contributed by atoms with Gasteiger partial charge in [-0.15, -0.1) is 0 Å². The van der Waals surface area contributed by atoms with Crippen molar-refractivity contribution in [1.82, 2.24) is 15.1 Å². The van der Waals surface area contributed by atoms with Gasteiger partial charge in [0.15, 0.2) is 0 Å². The maximum Gasteiger partial charge on any atom is 0.269 e. The molecule has 0 saturated carbocycles. The molecule has 1 N–H and O–H groups in total. The Labute approximate surface area is 124 Å². The predicted octanol–water partition coefficient (Wildman–Crippen LogP) is 2.08. The summed E-state index contributed by atoms with van der Waals surface area (Å²) in [5.74, 6) is -0.142. The van der Waals surface area contributed by atoms with Gasteiger partial charge in [-0.25, -0.2) is 0 Å². The highest BCUT2D eigenvalue weighted by molar-refractivity contribution is 5.93. The molecule has 2 rings (SSSR count). The summed E-state index contributed by atoms with van der Waals surface area (Å²) < 4.78 is 6.52. The number of hydrogen-bond acceptors (Lipinski definition) is 3. The molecule has 0 aliphatic carbocycles. The average Bonchev–Trinajstić information content (AvgIpc) is 2.84. The number of amides is 1. The second-order valence-corrected chi connectivity index (χ2v) is 5.09. The van der Waals surface area contributed by atoms with Crippen LogP contribution in [0.3, 0.4) is 0 Å². The highest BCUT2D eigenvalue weighted by Gasteiger charge is 2.14. The Morgan fingerprint density at radius 2 is 2.05 bits per heavy atom. The van der Waals surface area contributed by atoms with Crippen LogP contribution < -0.4 is 5.32 Å². The highest BCUT2D eigenvalue weighted by Crippen LogP contribution is 2.21. The van der Waals surface area contributed by atoms with Crippen molar-refractivity contribution in [3.8, 4) is 11.3 Å². The maximum atomic E-state index is 12.1. The molecule has 112 valence electrons. The molecule has 2 aromatic rings. The number of benzene rings is 1. The Bertz CT molecular complexity index is 647. The van der Waals surface area contributed by atoms with Crippen LogP contribution >= 0.6 is 0 Å². The summed E-state index contributed by atoms with van der Waals surface area (Å²) in [7, 11) is 3.38. The fraction of sp³-hybridized carbons (Fsp3) is 0.375. The third-order valence-electron chi connectivity index (χ3n) is 3.51. The molecular formula is C16H21N3O2. The number of carbonyl (C=O) groups excluding carboxylic acids is 1. The molecule has 1 aromatic heterocycles. The van der Waals surface area contributed by atoms with E-state index in [1.165, 1.54) is 11.1 Å². The van der Waals surface area contributed by atoms with E-state index in [0.29, 0.717) is 18.8 Å². The molecule has 0 spiro atoms. The van der Waals surface area contributed by atoms with E-state index < -0.39 is 0 Å². The molecule has 5 nitrogen and oxygen atoms in total. The van der Waals surface area contributed by atoms with Gasteiger partial charge in [0.05, 0.1) is 12.3 Å². The van der Waals surface area contributed by atoms with Crippen LogP contribution in [0.25, 0.3) is 11.3 Å². The maximum absolute atomic E-state index is 12.1. The highest BCUT2D eigenvalue weighted by atomic mass is 16.5. The second kappa shape index (κ2) is 6.54. The van der Waals surface area contributed by atoms with Crippen LogP contribution in [0.4, 0.5) is 0 Å². The Hall–Kier alpha value is -2.14. The number of hydrogen-bond donors (Lipinski definition) is 1. The Morgan fingerprint density at radius 1 is 1.29 bits per heavy atom. The molecule has 1 heterocycles. The first-order valence-corrected chi connectivity index (χ1v) is 6.91. The first-order valence-electron chi connectivity index (χ1n) is 6.91. The van der Waals surface area contributed by atoms with Crippen LogP contribution in [0.2, 0.25) is 0 Å². The van der Waals surface area contributed by atoms with Gasteiger partial charge in [-0.2, -0.15) is 5.10 Å². The molecule has 0 aliphatic heterocycles. The van der Waals surface area contributed by atoms with Crippen LogP contribution in [0.5, 0.6) is 0 Å². The Morgan fingerprint density at radius 3 is 2.71 bits per heavy atom. The SMILES string of the molecule is COCCNC(=O)c1cc(-c2ccc(C)c(C)c2)nn1C. The van der Waals surface area contributed by atoms with Crippen LogP contribution in [-0.2, 0) is 11.8 Å². The van der Waals surface area contributed by atoms with Crippen molar-refractivity contribution in [2.45, 2.75) is 13.8 Å². The summed E-state index contributed by atoms with van der Waals surface area (Å²) in [6.07, 6.45) is 0. The van der Waals surface area contributed by atoms with E-state index >= 15 is 0 Å². The minimum Gasteiger partial charge on any atom is -0.383 e. The van der Waals surface area contributed by atoms with Gasteiger partial charge in [0.2, 0.25) is 0 Å². The predicted molar refractivity (Wildman–Crippen MR) is 82.3 cm³/mol. The van der Waals surface area contributed by atoms with Crippen molar-refractivity contribution >= 4 is 5.91 Å². The van der Waals surface area contributed by atoms with Gasteiger partial charge in [0.1, 0.15) is 5.69 Å². The standard InChI is InChI=1S/C16H21N3O2/c1-11-5-6-13(9-12(11)2)14-10-15(19(3)18-14)16(20)17-7-8-21-4/h5-6,9-10H,7-8H2,1-4H3,(H,17,20). The molecule has 0 atom stereocenters. The van der Waals surface area contributed by atoms with Gasteiger partial charge in [0.25, 0.3) is 5.91 Å². The van der Waals surface area contributed by atoms with E-state index in [-0.39, 0.29) is 5.91 Å². The lowest BCUT2D eigenvalue weighted by molar-refractivity contribution is 0.0927. The zero-order valence-electron chi connectivity index (χ0n) is 12.9. The largest absolute Gasteiger partial charge is 0.383 e. The lowest BCUT2D eigenvalue weighted by atomic mass is 10.0. The summed E-state index contributed by atoms with van der Waals surface area (Å²) in [6.45, 7) is 5.12. The van der Waals surface area contributed by atoms with E-state index in [9.17, 15) is 4.79 Å². The van der Waals surface area contributed by atoms with E-state index in [4.69, 9.17) is 4.74 Å². The molecule has 0 aliphatic rings. The van der Waals surface area contributed by atoms with Crippen molar-refractivity contribution in [3.63, 3.8) is 0 Å². The quantitative estimate of drug-likeness (QED) is 0.857. The third-order valence-corrected chi connectivity index (χ3v) is 3.51. The van der Waals surface area contributed by atoms with Gasteiger partial charge in [-0.05, 0) is 37.1 Å². The van der Waals surface area contributed by atoms with Gasteiger partial charge < -0.3 is 10.1 Å². The van der Waals surface area contributed by atoms with Crippen LogP contribution in [0, 0.1) is 13.8 Å². The van der Waals surface area contributed by atoms with Crippen molar-refractivity contribution in [2.75, 3.05) is 20.3 Å². The molecule has 5 heteroatoms. The van der Waals surface area contributed by atoms with Gasteiger partial charge >= 0.3 is 0 Å². The zero-order chi connectivity index (χ0) is 15.4. The van der Waals surface area contributed by atoms with E-state index in [1.54, 1.807) is 18.8 Å². The molecule has 0 saturated heterocycles. The summed E-state index contributed by atoms with van der Waals surface area (Å²) in [6, 6.07) is 7.99. The van der Waals surface area contributed by atoms with E-state index in [0.717, 1.165) is 11.3 Å². The number of aromatic nitrogens is 2. The Kier molecular flexibility index (Phi) is 4.75. The van der Waals surface area contributed by atoms with Crippen LogP contribution in [0.1, 0.15) is 21.6 Å².